The second kappa shape index (κ2) is 3.69. The van der Waals surface area contributed by atoms with Gasteiger partial charge in [-0.1, -0.05) is 12.1 Å². The van der Waals surface area contributed by atoms with Gasteiger partial charge in [0.25, 0.3) is 0 Å². The highest BCUT2D eigenvalue weighted by Crippen LogP contribution is 2.33. The molecular weight excluding hydrogens is 188 g/mol. The zero-order chi connectivity index (χ0) is 10.9. The summed E-state index contributed by atoms with van der Waals surface area (Å²) in [5.41, 5.74) is 2.25. The van der Waals surface area contributed by atoms with Gasteiger partial charge in [0.2, 0.25) is 0 Å². The topological polar surface area (TPSA) is 26.3 Å². The first-order valence-electron chi connectivity index (χ1n) is 5.35. The molecule has 1 aromatic carbocycles. The van der Waals surface area contributed by atoms with Crippen LogP contribution < -0.4 is 4.74 Å². The lowest BCUT2D eigenvalue weighted by atomic mass is 9.93. The summed E-state index contributed by atoms with van der Waals surface area (Å²) in [5.74, 6) is 0.973. The highest BCUT2D eigenvalue weighted by atomic mass is 16.5. The summed E-state index contributed by atoms with van der Waals surface area (Å²) in [6.07, 6.45) is 3.51. The molecule has 1 aliphatic rings. The average molecular weight is 204 g/mol. The first kappa shape index (κ1) is 10.2. The van der Waals surface area contributed by atoms with Gasteiger partial charge in [-0.3, -0.25) is 0 Å². The van der Waals surface area contributed by atoms with E-state index in [4.69, 9.17) is 4.74 Å². The summed E-state index contributed by atoms with van der Waals surface area (Å²) < 4.78 is 5.86. The summed E-state index contributed by atoms with van der Waals surface area (Å²) in [5, 5.41) is 0. The van der Waals surface area contributed by atoms with Gasteiger partial charge in [-0.05, 0) is 43.9 Å². The second-order valence-corrected chi connectivity index (χ2v) is 4.67. The van der Waals surface area contributed by atoms with Gasteiger partial charge >= 0.3 is 0 Å². The van der Waals surface area contributed by atoms with Crippen molar-refractivity contribution in [2.45, 2.75) is 38.7 Å². The molecule has 0 aliphatic carbocycles. The zero-order valence-corrected chi connectivity index (χ0v) is 9.25. The molecule has 0 amide bonds. The Kier molecular flexibility index (Phi) is 2.51. The maximum absolute atomic E-state index is 10.4. The Morgan fingerprint density at radius 3 is 3.00 bits per heavy atom. The molecule has 0 radical (unpaired) electrons. The number of fused-ring (bicyclic) bond motifs is 1. The van der Waals surface area contributed by atoms with Gasteiger partial charge in [-0.2, -0.15) is 0 Å². The molecule has 2 heteroatoms. The van der Waals surface area contributed by atoms with Crippen molar-refractivity contribution in [3.05, 3.63) is 29.3 Å². The third-order valence-electron chi connectivity index (χ3n) is 2.83. The van der Waals surface area contributed by atoms with Crippen molar-refractivity contribution in [1.29, 1.82) is 0 Å². The lowest BCUT2D eigenvalue weighted by molar-refractivity contribution is -0.107. The third-order valence-corrected chi connectivity index (χ3v) is 2.83. The van der Waals surface area contributed by atoms with Crippen LogP contribution in [-0.2, 0) is 17.6 Å². The molecule has 0 bridgehead atoms. The van der Waals surface area contributed by atoms with Crippen LogP contribution in [0.15, 0.2) is 18.2 Å². The molecule has 0 spiro atoms. The molecule has 0 unspecified atom stereocenters. The van der Waals surface area contributed by atoms with Gasteiger partial charge in [0, 0.05) is 6.42 Å². The Hall–Kier alpha value is -1.31. The van der Waals surface area contributed by atoms with E-state index in [1.54, 1.807) is 0 Å². The van der Waals surface area contributed by atoms with E-state index in [9.17, 15) is 4.79 Å². The SMILES string of the molecule is CC1(C)CCc2cc(CC=O)ccc2O1. The summed E-state index contributed by atoms with van der Waals surface area (Å²) in [4.78, 5) is 10.4. The van der Waals surface area contributed by atoms with E-state index >= 15 is 0 Å². The first-order chi connectivity index (χ1) is 7.11. The summed E-state index contributed by atoms with van der Waals surface area (Å²) in [6, 6.07) is 6.03. The molecule has 1 heterocycles. The maximum atomic E-state index is 10.4. The van der Waals surface area contributed by atoms with Crippen molar-refractivity contribution in [3.8, 4) is 5.75 Å². The van der Waals surface area contributed by atoms with Crippen LogP contribution in [0.2, 0.25) is 0 Å². The van der Waals surface area contributed by atoms with Gasteiger partial charge in [0.15, 0.2) is 0 Å². The van der Waals surface area contributed by atoms with Gasteiger partial charge in [0.1, 0.15) is 17.6 Å². The number of rotatable bonds is 2. The minimum Gasteiger partial charge on any atom is -0.488 e. The average Bonchev–Trinajstić information content (AvgIpc) is 2.18. The Morgan fingerprint density at radius 2 is 2.27 bits per heavy atom. The first-order valence-corrected chi connectivity index (χ1v) is 5.35. The number of carbonyl (C=O) groups excluding carboxylic acids is 1. The number of carbonyl (C=O) groups is 1. The maximum Gasteiger partial charge on any atom is 0.124 e. The molecule has 0 saturated heterocycles. The van der Waals surface area contributed by atoms with Crippen LogP contribution in [0.3, 0.4) is 0 Å². The molecule has 2 nitrogen and oxygen atoms in total. The molecule has 15 heavy (non-hydrogen) atoms. The van der Waals surface area contributed by atoms with Crippen molar-refractivity contribution in [3.63, 3.8) is 0 Å². The lowest BCUT2D eigenvalue weighted by Gasteiger charge is -2.32. The van der Waals surface area contributed by atoms with E-state index in [1.165, 1.54) is 5.56 Å². The van der Waals surface area contributed by atoms with Gasteiger partial charge < -0.3 is 9.53 Å². The van der Waals surface area contributed by atoms with Crippen LogP contribution in [0.25, 0.3) is 0 Å². The van der Waals surface area contributed by atoms with E-state index in [0.717, 1.165) is 30.4 Å². The minimum atomic E-state index is -0.0564. The predicted molar refractivity (Wildman–Crippen MR) is 59.2 cm³/mol. The third kappa shape index (κ3) is 2.20. The highest BCUT2D eigenvalue weighted by molar-refractivity contribution is 5.56. The second-order valence-electron chi connectivity index (χ2n) is 4.67. The zero-order valence-electron chi connectivity index (χ0n) is 9.25. The standard InChI is InChI=1S/C13H16O2/c1-13(2)7-5-11-9-10(6-8-14)3-4-12(11)15-13/h3-4,8-9H,5-7H2,1-2H3. The summed E-state index contributed by atoms with van der Waals surface area (Å²) >= 11 is 0. The molecule has 0 aromatic heterocycles. The van der Waals surface area contributed by atoms with Gasteiger partial charge in [0.05, 0.1) is 0 Å². The predicted octanol–water partition coefficient (Wildman–Crippen LogP) is 2.53. The number of benzene rings is 1. The van der Waals surface area contributed by atoms with Crippen LogP contribution >= 0.6 is 0 Å². The van der Waals surface area contributed by atoms with Crippen LogP contribution in [0, 0.1) is 0 Å². The largest absolute Gasteiger partial charge is 0.488 e. The Balaban J connectivity index is 2.28. The highest BCUT2D eigenvalue weighted by Gasteiger charge is 2.26. The molecule has 0 fully saturated rings. The van der Waals surface area contributed by atoms with Crippen LogP contribution in [0.1, 0.15) is 31.4 Å². The summed E-state index contributed by atoms with van der Waals surface area (Å²) in [7, 11) is 0. The molecule has 1 aliphatic heterocycles. The van der Waals surface area contributed by atoms with E-state index in [0.29, 0.717) is 6.42 Å². The number of hydrogen-bond donors (Lipinski definition) is 0. The number of ether oxygens (including phenoxy) is 1. The van der Waals surface area contributed by atoms with Gasteiger partial charge in [-0.15, -0.1) is 0 Å². The Morgan fingerprint density at radius 1 is 1.47 bits per heavy atom. The monoisotopic (exact) mass is 204 g/mol. The van der Waals surface area contributed by atoms with Crippen molar-refractivity contribution in [1.82, 2.24) is 0 Å². The number of aldehydes is 1. The van der Waals surface area contributed by atoms with Crippen molar-refractivity contribution in [2.75, 3.05) is 0 Å². The fourth-order valence-electron chi connectivity index (χ4n) is 1.94. The Bertz CT molecular complexity index is 380. The smallest absolute Gasteiger partial charge is 0.124 e. The van der Waals surface area contributed by atoms with Crippen LogP contribution in [0.5, 0.6) is 5.75 Å². The van der Waals surface area contributed by atoms with Crippen LogP contribution in [-0.4, -0.2) is 11.9 Å². The quantitative estimate of drug-likeness (QED) is 0.692. The molecule has 2 rings (SSSR count). The van der Waals surface area contributed by atoms with Crippen molar-refractivity contribution >= 4 is 6.29 Å². The van der Waals surface area contributed by atoms with E-state index < -0.39 is 0 Å². The van der Waals surface area contributed by atoms with Crippen LogP contribution in [0.4, 0.5) is 0 Å². The minimum absolute atomic E-state index is 0.0564. The van der Waals surface area contributed by atoms with Gasteiger partial charge in [-0.25, -0.2) is 0 Å². The molecule has 0 N–H and O–H groups in total. The number of aryl methyl sites for hydroxylation is 1. The van der Waals surface area contributed by atoms with Crippen molar-refractivity contribution < 1.29 is 9.53 Å². The number of hydrogen-bond acceptors (Lipinski definition) is 2. The molecular formula is C13H16O2. The molecule has 0 atom stereocenters. The molecule has 80 valence electrons. The summed E-state index contributed by atoms with van der Waals surface area (Å²) in [6.45, 7) is 4.21. The Labute approximate surface area is 90.3 Å². The normalized spacial score (nSPS) is 17.7. The molecule has 1 aromatic rings. The fourth-order valence-corrected chi connectivity index (χ4v) is 1.94. The molecule has 0 saturated carbocycles. The van der Waals surface area contributed by atoms with Crippen molar-refractivity contribution in [2.24, 2.45) is 0 Å². The van der Waals surface area contributed by atoms with E-state index in [1.807, 2.05) is 12.1 Å². The lowest BCUT2D eigenvalue weighted by Crippen LogP contribution is -2.32. The fraction of sp³-hybridized carbons (Fsp3) is 0.462. The van der Waals surface area contributed by atoms with E-state index in [-0.39, 0.29) is 5.60 Å². The van der Waals surface area contributed by atoms with E-state index in [2.05, 4.69) is 19.9 Å².